The number of piperazine rings is 1. The smallest absolute Gasteiger partial charge is 0.173 e. The summed E-state index contributed by atoms with van der Waals surface area (Å²) in [4.78, 5) is 4.52. The third-order valence-corrected chi connectivity index (χ3v) is 5.99. The van der Waals surface area contributed by atoms with E-state index >= 15 is 0 Å². The third kappa shape index (κ3) is 5.24. The molecule has 1 N–H and O–H groups in total. The van der Waals surface area contributed by atoms with E-state index in [9.17, 15) is 0 Å². The molecule has 0 spiro atoms. The molecule has 0 amide bonds. The first kappa shape index (κ1) is 20.2. The van der Waals surface area contributed by atoms with Crippen LogP contribution in [0.15, 0.2) is 40.9 Å². The molecule has 1 aliphatic heterocycles. The first-order valence-corrected chi connectivity index (χ1v) is 10.4. The van der Waals surface area contributed by atoms with E-state index in [4.69, 9.17) is 47.0 Å². The first-order chi connectivity index (χ1) is 12.4. The van der Waals surface area contributed by atoms with Crippen LogP contribution in [0.4, 0.5) is 5.69 Å². The molecule has 1 heterocycles. The Hall–Kier alpha value is -0.560. The maximum absolute atomic E-state index is 6.28. The highest BCUT2D eigenvalue weighted by Gasteiger charge is 2.20. The third-order valence-electron chi connectivity index (χ3n) is 4.24. The number of thiocarbonyl (C=S) groups is 1. The van der Waals surface area contributed by atoms with Crippen LogP contribution in [0.2, 0.25) is 15.1 Å². The van der Waals surface area contributed by atoms with Crippen molar-refractivity contribution in [2.45, 2.75) is 6.54 Å². The van der Waals surface area contributed by atoms with E-state index in [0.29, 0.717) is 20.2 Å². The molecule has 8 heteroatoms. The SMILES string of the molecule is S=C(Nc1ccc(Br)cc1Cl)N1CCN(Cc2ccc(Cl)cc2Cl)CC1. The van der Waals surface area contributed by atoms with Gasteiger partial charge in [-0.05, 0) is 48.1 Å². The van der Waals surface area contributed by atoms with Gasteiger partial charge in [-0.25, -0.2) is 0 Å². The van der Waals surface area contributed by atoms with E-state index in [1.165, 1.54) is 0 Å². The molecule has 1 saturated heterocycles. The summed E-state index contributed by atoms with van der Waals surface area (Å²) in [5.41, 5.74) is 1.90. The largest absolute Gasteiger partial charge is 0.346 e. The molecule has 138 valence electrons. The number of halogens is 4. The minimum Gasteiger partial charge on any atom is -0.346 e. The summed E-state index contributed by atoms with van der Waals surface area (Å²) < 4.78 is 0.938. The number of nitrogens with one attached hydrogen (secondary N) is 1. The van der Waals surface area contributed by atoms with Crippen molar-refractivity contribution in [3.63, 3.8) is 0 Å². The molecule has 0 atom stereocenters. The number of nitrogens with zero attached hydrogens (tertiary/aromatic N) is 2. The number of hydrogen-bond donors (Lipinski definition) is 1. The second-order valence-corrected chi connectivity index (χ2v) is 8.61. The summed E-state index contributed by atoms with van der Waals surface area (Å²) in [7, 11) is 0. The molecule has 0 saturated carbocycles. The molecule has 3 rings (SSSR count). The van der Waals surface area contributed by atoms with Crippen LogP contribution in [0.1, 0.15) is 5.56 Å². The molecule has 1 aliphatic rings. The van der Waals surface area contributed by atoms with Gasteiger partial charge in [0.2, 0.25) is 0 Å². The van der Waals surface area contributed by atoms with Gasteiger partial charge in [0, 0.05) is 47.2 Å². The predicted octanol–water partition coefficient (Wildman–Crippen LogP) is 5.92. The summed E-state index contributed by atoms with van der Waals surface area (Å²) >= 11 is 27.4. The second kappa shape index (κ2) is 9.09. The van der Waals surface area contributed by atoms with Crippen molar-refractivity contribution in [2.75, 3.05) is 31.5 Å². The van der Waals surface area contributed by atoms with Gasteiger partial charge in [0.1, 0.15) is 0 Å². The maximum Gasteiger partial charge on any atom is 0.173 e. The predicted molar refractivity (Wildman–Crippen MR) is 119 cm³/mol. The lowest BCUT2D eigenvalue weighted by molar-refractivity contribution is 0.177. The van der Waals surface area contributed by atoms with E-state index in [1.54, 1.807) is 6.07 Å². The molecular weight excluding hydrogens is 477 g/mol. The topological polar surface area (TPSA) is 18.5 Å². The molecule has 2 aromatic carbocycles. The highest BCUT2D eigenvalue weighted by molar-refractivity contribution is 9.10. The van der Waals surface area contributed by atoms with Crippen LogP contribution in [-0.4, -0.2) is 41.1 Å². The van der Waals surface area contributed by atoms with Crippen molar-refractivity contribution in [1.29, 1.82) is 0 Å². The minimum absolute atomic E-state index is 0.637. The molecule has 0 radical (unpaired) electrons. The average molecular weight is 494 g/mol. The van der Waals surface area contributed by atoms with Gasteiger partial charge in [0.15, 0.2) is 5.11 Å². The van der Waals surface area contributed by atoms with Gasteiger partial charge < -0.3 is 10.2 Å². The standard InChI is InChI=1S/C18H17BrCl3N3S/c19-13-2-4-17(16(22)9-13)23-18(26)25-7-5-24(6-8-25)11-12-1-3-14(20)10-15(12)21/h1-4,9-10H,5-8,11H2,(H,23,26). The number of rotatable bonds is 3. The van der Waals surface area contributed by atoms with Crippen LogP contribution in [0.5, 0.6) is 0 Å². The Kier molecular flexibility index (Phi) is 7.05. The fourth-order valence-corrected chi connectivity index (χ4v) is 4.27. The fraction of sp³-hybridized carbons (Fsp3) is 0.278. The Labute approximate surface area is 182 Å². The molecule has 1 fully saturated rings. The lowest BCUT2D eigenvalue weighted by atomic mass is 10.2. The van der Waals surface area contributed by atoms with Gasteiger partial charge in [-0.1, -0.05) is 56.8 Å². The van der Waals surface area contributed by atoms with Crippen molar-refractivity contribution in [3.8, 4) is 0 Å². The summed E-state index contributed by atoms with van der Waals surface area (Å²) in [5, 5.41) is 5.94. The molecular formula is C18H17BrCl3N3S. The van der Waals surface area contributed by atoms with E-state index in [-0.39, 0.29) is 0 Å². The zero-order valence-electron chi connectivity index (χ0n) is 13.8. The number of benzene rings is 2. The van der Waals surface area contributed by atoms with Gasteiger partial charge in [0.05, 0.1) is 10.7 Å². The molecule has 0 bridgehead atoms. The summed E-state index contributed by atoms with van der Waals surface area (Å²) in [5.74, 6) is 0. The van der Waals surface area contributed by atoms with Crippen LogP contribution < -0.4 is 5.32 Å². The van der Waals surface area contributed by atoms with Crippen LogP contribution in [-0.2, 0) is 6.54 Å². The Morgan fingerprint density at radius 2 is 1.73 bits per heavy atom. The van der Waals surface area contributed by atoms with Gasteiger partial charge in [-0.3, -0.25) is 4.90 Å². The molecule has 0 aliphatic carbocycles. The van der Waals surface area contributed by atoms with Gasteiger partial charge in [-0.15, -0.1) is 0 Å². The van der Waals surface area contributed by atoms with E-state index in [1.807, 2.05) is 30.3 Å². The quantitative estimate of drug-likeness (QED) is 0.535. The highest BCUT2D eigenvalue weighted by Crippen LogP contribution is 2.26. The number of anilines is 1. The number of hydrogen-bond acceptors (Lipinski definition) is 2. The van der Waals surface area contributed by atoms with Crippen LogP contribution in [0, 0.1) is 0 Å². The van der Waals surface area contributed by atoms with Crippen molar-refractivity contribution in [2.24, 2.45) is 0 Å². The van der Waals surface area contributed by atoms with Crippen LogP contribution in [0.25, 0.3) is 0 Å². The maximum atomic E-state index is 6.28. The van der Waals surface area contributed by atoms with Crippen molar-refractivity contribution < 1.29 is 0 Å². The Bertz CT molecular complexity index is 810. The van der Waals surface area contributed by atoms with Gasteiger partial charge in [0.25, 0.3) is 0 Å². The fourth-order valence-electron chi connectivity index (χ4n) is 2.79. The Morgan fingerprint density at radius 3 is 2.38 bits per heavy atom. The molecule has 26 heavy (non-hydrogen) atoms. The van der Waals surface area contributed by atoms with Crippen molar-refractivity contribution >= 4 is 73.8 Å². The van der Waals surface area contributed by atoms with Crippen molar-refractivity contribution in [1.82, 2.24) is 9.80 Å². The van der Waals surface area contributed by atoms with E-state index < -0.39 is 0 Å². The van der Waals surface area contributed by atoms with Crippen molar-refractivity contribution in [3.05, 3.63) is 61.5 Å². The van der Waals surface area contributed by atoms with Gasteiger partial charge in [-0.2, -0.15) is 0 Å². The van der Waals surface area contributed by atoms with Gasteiger partial charge >= 0.3 is 0 Å². The zero-order chi connectivity index (χ0) is 18.7. The van der Waals surface area contributed by atoms with Crippen LogP contribution in [0.3, 0.4) is 0 Å². The lowest BCUT2D eigenvalue weighted by Crippen LogP contribution is -2.49. The minimum atomic E-state index is 0.637. The van der Waals surface area contributed by atoms with Crippen LogP contribution >= 0.6 is 63.0 Å². The summed E-state index contributed by atoms with van der Waals surface area (Å²) in [6.45, 7) is 4.34. The lowest BCUT2D eigenvalue weighted by Gasteiger charge is -2.36. The summed E-state index contributed by atoms with van der Waals surface area (Å²) in [6.07, 6.45) is 0. The molecule has 0 unspecified atom stereocenters. The normalized spacial score (nSPS) is 15.2. The average Bonchev–Trinajstić information content (AvgIpc) is 2.60. The summed E-state index contributed by atoms with van der Waals surface area (Å²) in [6, 6.07) is 11.3. The Morgan fingerprint density at radius 1 is 1.00 bits per heavy atom. The Balaban J connectivity index is 1.53. The second-order valence-electron chi connectivity index (χ2n) is 6.05. The first-order valence-electron chi connectivity index (χ1n) is 8.09. The molecule has 3 nitrogen and oxygen atoms in total. The molecule has 2 aromatic rings. The van der Waals surface area contributed by atoms with E-state index in [2.05, 4.69) is 31.0 Å². The van der Waals surface area contributed by atoms with E-state index in [0.717, 1.165) is 48.4 Å². The molecule has 0 aromatic heterocycles. The zero-order valence-corrected chi connectivity index (χ0v) is 18.5. The monoisotopic (exact) mass is 491 g/mol. The highest BCUT2D eigenvalue weighted by atomic mass is 79.9.